The van der Waals surface area contributed by atoms with Gasteiger partial charge in [-0.3, -0.25) is 24.1 Å². The average molecular weight is 771 g/mol. The molecule has 49 heavy (non-hydrogen) atoms. The summed E-state index contributed by atoms with van der Waals surface area (Å²) in [4.78, 5) is 58.1. The zero-order valence-electron chi connectivity index (χ0n) is 25.6. The zero-order valence-corrected chi connectivity index (χ0v) is 28.8. The molecule has 14 heteroatoms. The Morgan fingerprint density at radius 3 is 2.49 bits per heavy atom. The molecule has 2 aliphatic heterocycles. The topological polar surface area (TPSA) is 109 Å². The molecule has 252 valence electrons. The summed E-state index contributed by atoms with van der Waals surface area (Å²) >= 11 is 6.17. The van der Waals surface area contributed by atoms with E-state index in [1.807, 2.05) is 25.1 Å². The second-order valence-corrected chi connectivity index (χ2v) is 16.0. The molecule has 0 unspecified atom stereocenters. The molecule has 0 spiro atoms. The van der Waals surface area contributed by atoms with Crippen molar-refractivity contribution in [3.63, 3.8) is 0 Å². The molecule has 0 radical (unpaired) electrons. The summed E-state index contributed by atoms with van der Waals surface area (Å²) in [5.74, 6) is -3.34. The van der Waals surface area contributed by atoms with Gasteiger partial charge >= 0.3 is 11.0 Å². The van der Waals surface area contributed by atoms with Crippen molar-refractivity contribution in [1.29, 1.82) is 0 Å². The number of carbonyl (C=O) groups excluding carboxylic acids is 3. The highest BCUT2D eigenvalue weighted by atomic mass is 79.9. The van der Waals surface area contributed by atoms with Crippen molar-refractivity contribution < 1.29 is 32.3 Å². The molecule has 8 nitrogen and oxygen atoms in total. The monoisotopic (exact) mass is 769 g/mol. The molecule has 7 atom stereocenters. The minimum Gasteiger partial charge on any atom is -0.483 e. The van der Waals surface area contributed by atoms with E-state index < -0.39 is 41.3 Å². The number of H-pyrrole nitrogens is 1. The number of aryl methyl sites for hydroxylation is 1. The summed E-state index contributed by atoms with van der Waals surface area (Å²) in [6.45, 7) is 1.68. The Bertz CT molecular complexity index is 2080. The molecule has 2 bridgehead atoms. The van der Waals surface area contributed by atoms with Crippen LogP contribution in [0.4, 0.5) is 24.5 Å². The lowest BCUT2D eigenvalue weighted by Gasteiger charge is -2.43. The quantitative estimate of drug-likeness (QED) is 0.201. The van der Waals surface area contributed by atoms with Crippen LogP contribution in [0.3, 0.4) is 0 Å². The SMILES string of the molecule is Cc1ccc(NC(=O)COc2ccc(Br)cc2[C@@H]2c3sc(=O)[nH]c3S[C@@H]3[C@@H]4C[C@@H]([C@@H]5C(=O)N(c6cccc(C(F)(F)F)c6)C(=O)[C@@H]45)[C@H]23)cc1. The van der Waals surface area contributed by atoms with Crippen molar-refractivity contribution in [2.45, 2.75) is 35.7 Å². The van der Waals surface area contributed by atoms with Crippen LogP contribution in [-0.2, 0) is 20.6 Å². The molecular formula is C35H27BrF3N3O5S2. The van der Waals surface area contributed by atoms with Crippen LogP contribution in [0.15, 0.2) is 81.0 Å². The minimum absolute atomic E-state index is 0.0826. The summed E-state index contributed by atoms with van der Waals surface area (Å²) < 4.78 is 47.6. The van der Waals surface area contributed by atoms with Crippen molar-refractivity contribution >= 4 is 68.1 Å². The van der Waals surface area contributed by atoms with E-state index in [9.17, 15) is 32.3 Å². The highest BCUT2D eigenvalue weighted by Crippen LogP contribution is 2.69. The summed E-state index contributed by atoms with van der Waals surface area (Å²) in [5, 5.41) is 3.38. The second kappa shape index (κ2) is 11.9. The number of rotatable bonds is 6. The highest BCUT2D eigenvalue weighted by Gasteiger charge is 2.70. The number of hydrogen-bond acceptors (Lipinski definition) is 7. The van der Waals surface area contributed by atoms with Crippen LogP contribution >= 0.6 is 39.0 Å². The Morgan fingerprint density at radius 1 is 1.02 bits per heavy atom. The van der Waals surface area contributed by atoms with Gasteiger partial charge in [0.05, 0.1) is 28.1 Å². The Morgan fingerprint density at radius 2 is 1.76 bits per heavy atom. The summed E-state index contributed by atoms with van der Waals surface area (Å²) in [6.07, 6.45) is -4.03. The molecule has 1 saturated heterocycles. The smallest absolute Gasteiger partial charge is 0.416 e. The van der Waals surface area contributed by atoms with E-state index in [1.165, 1.54) is 23.9 Å². The number of nitrogens with zero attached hydrogens (tertiary/aromatic N) is 1. The number of thioether (sulfide) groups is 1. The van der Waals surface area contributed by atoms with Gasteiger partial charge in [0, 0.05) is 31.8 Å². The van der Waals surface area contributed by atoms with Gasteiger partial charge in [0.2, 0.25) is 11.8 Å². The maximum absolute atomic E-state index is 14.1. The molecule has 2 N–H and O–H groups in total. The molecule has 8 rings (SSSR count). The van der Waals surface area contributed by atoms with E-state index >= 15 is 0 Å². The van der Waals surface area contributed by atoms with Gasteiger partial charge in [-0.25, -0.2) is 0 Å². The van der Waals surface area contributed by atoms with Crippen LogP contribution in [0.2, 0.25) is 0 Å². The number of carbonyl (C=O) groups is 3. The van der Waals surface area contributed by atoms with Crippen LogP contribution in [0, 0.1) is 36.5 Å². The molecule has 4 aliphatic rings. The third-order valence-corrected chi connectivity index (χ3v) is 13.2. The number of ether oxygens (including phenoxy) is 1. The number of hydrogen-bond donors (Lipinski definition) is 2. The minimum atomic E-state index is -4.63. The van der Waals surface area contributed by atoms with Gasteiger partial charge in [0.25, 0.3) is 5.91 Å². The fraction of sp³-hybridized carbons (Fsp3) is 0.314. The predicted molar refractivity (Wildman–Crippen MR) is 182 cm³/mol. The fourth-order valence-electron chi connectivity index (χ4n) is 8.31. The summed E-state index contributed by atoms with van der Waals surface area (Å²) in [5.41, 5.74) is 1.41. The molecule has 1 aromatic heterocycles. The van der Waals surface area contributed by atoms with Crippen LogP contribution < -0.4 is 19.8 Å². The van der Waals surface area contributed by atoms with Gasteiger partial charge in [0.15, 0.2) is 6.61 Å². The van der Waals surface area contributed by atoms with Gasteiger partial charge in [-0.05, 0) is 79.6 Å². The Balaban J connectivity index is 1.13. The van der Waals surface area contributed by atoms with Gasteiger partial charge in [0.1, 0.15) is 5.75 Å². The number of aromatic amines is 1. The summed E-state index contributed by atoms with van der Waals surface area (Å²) in [6, 6.07) is 17.2. The van der Waals surface area contributed by atoms with Gasteiger partial charge < -0.3 is 15.0 Å². The largest absolute Gasteiger partial charge is 0.483 e. The van der Waals surface area contributed by atoms with E-state index in [0.29, 0.717) is 22.9 Å². The predicted octanol–water partition coefficient (Wildman–Crippen LogP) is 7.22. The standard InChI is InChI=1S/C35H27BrF3N3O5S2/c1-15-5-8-18(9-6-15)40-24(43)14-47-23-10-7-17(36)12-20(23)25-26-21-13-22(29(26)48-31-30(25)49-34(46)41-31)28-27(21)32(44)42(33(28)45)19-4-2-3-16(11-19)35(37,38)39/h2-12,21-22,25-29H,13-14H2,1H3,(H,40,43)(H,41,46)/t21-,22-,25+,26-,27+,28+,29-/m1/s1. The maximum atomic E-state index is 14.1. The first kappa shape index (κ1) is 32.3. The van der Waals surface area contributed by atoms with Gasteiger partial charge in [-0.1, -0.05) is 51.0 Å². The van der Waals surface area contributed by atoms with Gasteiger partial charge in [-0.2, -0.15) is 13.2 Å². The molecule has 3 fully saturated rings. The van der Waals surface area contributed by atoms with Crippen LogP contribution in [0.25, 0.3) is 0 Å². The second-order valence-electron chi connectivity index (χ2n) is 12.9. The lowest BCUT2D eigenvalue weighted by atomic mass is 9.68. The molecule has 4 aromatic rings. The molecular weight excluding hydrogens is 743 g/mol. The third kappa shape index (κ3) is 5.42. The van der Waals surface area contributed by atoms with E-state index in [1.54, 1.807) is 24.3 Å². The van der Waals surface area contributed by atoms with Crippen molar-refractivity contribution in [1.82, 2.24) is 4.98 Å². The van der Waals surface area contributed by atoms with Gasteiger partial charge in [-0.15, -0.1) is 11.8 Å². The molecule has 2 saturated carbocycles. The first-order valence-electron chi connectivity index (χ1n) is 15.6. The van der Waals surface area contributed by atoms with Crippen molar-refractivity contribution in [2.24, 2.45) is 29.6 Å². The summed E-state index contributed by atoms with van der Waals surface area (Å²) in [7, 11) is 0. The molecule has 3 amide bonds. The zero-order chi connectivity index (χ0) is 34.4. The molecule has 2 aliphatic carbocycles. The average Bonchev–Trinajstić information content (AvgIpc) is 3.80. The van der Waals surface area contributed by atoms with Crippen molar-refractivity contribution in [2.75, 3.05) is 16.8 Å². The van der Waals surface area contributed by atoms with Crippen LogP contribution in [0.5, 0.6) is 5.75 Å². The van der Waals surface area contributed by atoms with E-state index in [-0.39, 0.29) is 46.1 Å². The number of halogens is 4. The number of alkyl halides is 3. The van der Waals surface area contributed by atoms with E-state index in [2.05, 4.69) is 26.2 Å². The lowest BCUT2D eigenvalue weighted by molar-refractivity contribution is -0.137. The van der Waals surface area contributed by atoms with Crippen LogP contribution in [-0.4, -0.2) is 34.6 Å². The number of amides is 3. The number of anilines is 2. The van der Waals surface area contributed by atoms with Crippen molar-refractivity contribution in [3.8, 4) is 5.75 Å². The van der Waals surface area contributed by atoms with E-state index in [0.717, 1.165) is 48.8 Å². The highest BCUT2D eigenvalue weighted by molar-refractivity contribution is 9.10. The Kier molecular flexibility index (Phi) is 7.83. The number of fused-ring (bicyclic) bond motifs is 9. The van der Waals surface area contributed by atoms with Crippen molar-refractivity contribution in [3.05, 3.63) is 102 Å². The Labute approximate surface area is 294 Å². The van der Waals surface area contributed by atoms with E-state index in [4.69, 9.17) is 4.74 Å². The van der Waals surface area contributed by atoms with Crippen LogP contribution in [0.1, 0.15) is 33.9 Å². The fourth-order valence-corrected chi connectivity index (χ4v) is 11.6. The molecule has 3 aromatic carbocycles. The number of nitrogens with one attached hydrogen (secondary N) is 2. The number of imide groups is 1. The first-order chi connectivity index (χ1) is 23.4. The normalized spacial score (nSPS) is 26.8. The third-order valence-electron chi connectivity index (χ3n) is 10.2. The maximum Gasteiger partial charge on any atom is 0.416 e. The first-order valence-corrected chi connectivity index (χ1v) is 18.1. The Hall–Kier alpha value is -3.88. The number of benzene rings is 3. The number of aromatic nitrogens is 1. The molecule has 3 heterocycles. The lowest BCUT2D eigenvalue weighted by Crippen LogP contribution is -2.42. The number of thiazole rings is 1.